The summed E-state index contributed by atoms with van der Waals surface area (Å²) in [5.74, 6) is 0.166. The fraction of sp³-hybridized carbons (Fsp3) is 0.857. The normalized spacial score (nSPS) is 14.0. The van der Waals surface area contributed by atoms with Gasteiger partial charge in [-0.05, 0) is 44.9 Å². The van der Waals surface area contributed by atoms with E-state index in [4.69, 9.17) is 5.11 Å². The van der Waals surface area contributed by atoms with Crippen molar-refractivity contribution in [2.45, 2.75) is 38.8 Å². The van der Waals surface area contributed by atoms with Gasteiger partial charge >= 0.3 is 12.0 Å². The third-order valence-corrected chi connectivity index (χ3v) is 3.53. The van der Waals surface area contributed by atoms with Gasteiger partial charge in [-0.3, -0.25) is 0 Å². The number of nitrogens with zero attached hydrogens (tertiary/aromatic N) is 1. The van der Waals surface area contributed by atoms with Crippen molar-refractivity contribution >= 4 is 23.8 Å². The zero-order valence-corrected chi connectivity index (χ0v) is 14.5. The van der Waals surface area contributed by atoms with Crippen molar-refractivity contribution < 1.29 is 14.7 Å². The summed E-state index contributed by atoms with van der Waals surface area (Å²) in [7, 11) is 3.90. The minimum absolute atomic E-state index is 0.00925. The molecule has 0 bridgehead atoms. The maximum absolute atomic E-state index is 12.0. The summed E-state index contributed by atoms with van der Waals surface area (Å²) in [6.45, 7) is 4.93. The number of nitrogens with one attached hydrogen (secondary N) is 2. The molecule has 0 aliphatic carbocycles. The average Bonchev–Trinajstić information content (AvgIpc) is 2.32. The van der Waals surface area contributed by atoms with Gasteiger partial charge in [-0.2, -0.15) is 11.8 Å². The van der Waals surface area contributed by atoms with E-state index in [0.29, 0.717) is 18.1 Å². The lowest BCUT2D eigenvalue weighted by Crippen LogP contribution is -2.51. The molecule has 21 heavy (non-hydrogen) atoms. The van der Waals surface area contributed by atoms with Crippen molar-refractivity contribution in [3.63, 3.8) is 0 Å². The van der Waals surface area contributed by atoms with E-state index < -0.39 is 18.0 Å². The Hall–Kier alpha value is -0.950. The Morgan fingerprint density at radius 1 is 1.24 bits per heavy atom. The van der Waals surface area contributed by atoms with Crippen LogP contribution in [0.2, 0.25) is 0 Å². The molecule has 3 N–H and O–H groups in total. The van der Waals surface area contributed by atoms with Crippen molar-refractivity contribution in [3.8, 4) is 0 Å². The lowest BCUT2D eigenvalue weighted by molar-refractivity contribution is -0.139. The number of carboxylic acids is 1. The Morgan fingerprint density at radius 2 is 1.86 bits per heavy atom. The van der Waals surface area contributed by atoms with Gasteiger partial charge in [0.1, 0.15) is 6.04 Å². The highest BCUT2D eigenvalue weighted by atomic mass is 32.2. The Bertz CT molecular complexity index is 315. The van der Waals surface area contributed by atoms with Gasteiger partial charge in [0.15, 0.2) is 0 Å². The molecule has 0 aromatic carbocycles. The molecule has 7 heteroatoms. The number of rotatable bonds is 10. The number of aliphatic carboxylic acids is 1. The van der Waals surface area contributed by atoms with E-state index in [-0.39, 0.29) is 6.04 Å². The van der Waals surface area contributed by atoms with E-state index in [1.165, 1.54) is 0 Å². The van der Waals surface area contributed by atoms with Crippen LogP contribution in [-0.2, 0) is 4.79 Å². The van der Waals surface area contributed by atoms with Crippen LogP contribution in [0.4, 0.5) is 4.79 Å². The predicted molar refractivity (Wildman–Crippen MR) is 87.9 cm³/mol. The Labute approximate surface area is 132 Å². The van der Waals surface area contributed by atoms with Gasteiger partial charge in [-0.15, -0.1) is 0 Å². The molecule has 2 atom stereocenters. The fourth-order valence-corrected chi connectivity index (χ4v) is 2.54. The molecule has 0 aromatic rings. The Balaban J connectivity index is 4.47. The highest BCUT2D eigenvalue weighted by molar-refractivity contribution is 7.98. The summed E-state index contributed by atoms with van der Waals surface area (Å²) in [5, 5.41) is 14.5. The maximum Gasteiger partial charge on any atom is 0.326 e. The summed E-state index contributed by atoms with van der Waals surface area (Å²) in [6, 6.07) is -1.23. The number of amides is 2. The number of hydrogen-bond acceptors (Lipinski definition) is 4. The molecule has 2 unspecified atom stereocenters. The molecule has 0 rings (SSSR count). The minimum atomic E-state index is -0.993. The van der Waals surface area contributed by atoms with Crippen LogP contribution >= 0.6 is 11.8 Å². The molecule has 6 nitrogen and oxygen atoms in total. The summed E-state index contributed by atoms with van der Waals surface area (Å²) in [6.07, 6.45) is 3.19. The van der Waals surface area contributed by atoms with Gasteiger partial charge in [0.05, 0.1) is 0 Å². The van der Waals surface area contributed by atoms with E-state index in [0.717, 1.165) is 13.0 Å². The van der Waals surface area contributed by atoms with Crippen LogP contribution in [-0.4, -0.2) is 66.7 Å². The first-order chi connectivity index (χ1) is 9.76. The number of carboxylic acid groups (broad SMARTS) is 1. The molecule has 124 valence electrons. The Kier molecular flexibility index (Phi) is 10.2. The van der Waals surface area contributed by atoms with E-state index in [1.54, 1.807) is 11.8 Å². The lowest BCUT2D eigenvalue weighted by atomic mass is 10.0. The van der Waals surface area contributed by atoms with E-state index in [9.17, 15) is 9.59 Å². The SMILES string of the molecule is CSCCC(NC(=O)NC(CC(C)C)CN(C)C)C(=O)O. The first-order valence-corrected chi connectivity index (χ1v) is 8.59. The predicted octanol–water partition coefficient (Wildman–Crippen LogP) is 1.47. The minimum Gasteiger partial charge on any atom is -0.480 e. The number of thioether (sulfide) groups is 1. The van der Waals surface area contributed by atoms with E-state index >= 15 is 0 Å². The quantitative estimate of drug-likeness (QED) is 0.568. The maximum atomic E-state index is 12.0. The number of hydrogen-bond donors (Lipinski definition) is 3. The molecule has 0 spiro atoms. The number of likely N-dealkylation sites (N-methyl/N-ethyl adjacent to an activating group) is 1. The van der Waals surface area contributed by atoms with Crippen LogP contribution in [0.3, 0.4) is 0 Å². The van der Waals surface area contributed by atoms with Crippen molar-refractivity contribution in [2.24, 2.45) is 5.92 Å². The lowest BCUT2D eigenvalue weighted by Gasteiger charge is -2.25. The van der Waals surface area contributed by atoms with Gasteiger partial charge in [0.25, 0.3) is 0 Å². The van der Waals surface area contributed by atoms with Crippen LogP contribution in [0.1, 0.15) is 26.7 Å². The second-order valence-corrected chi connectivity index (χ2v) is 6.86. The molecule has 2 amide bonds. The molecule has 0 aliphatic rings. The molecular weight excluding hydrogens is 290 g/mol. The summed E-state index contributed by atoms with van der Waals surface area (Å²) < 4.78 is 0. The topological polar surface area (TPSA) is 81.7 Å². The molecule has 0 saturated heterocycles. The van der Waals surface area contributed by atoms with Crippen LogP contribution in [0.15, 0.2) is 0 Å². The van der Waals surface area contributed by atoms with Crippen LogP contribution in [0.5, 0.6) is 0 Å². The van der Waals surface area contributed by atoms with Crippen molar-refractivity contribution in [2.75, 3.05) is 32.6 Å². The second-order valence-electron chi connectivity index (χ2n) is 5.88. The number of carbonyl (C=O) groups is 2. The first kappa shape index (κ1) is 20.1. The fourth-order valence-electron chi connectivity index (χ4n) is 2.07. The third-order valence-electron chi connectivity index (χ3n) is 2.89. The van der Waals surface area contributed by atoms with Crippen molar-refractivity contribution in [3.05, 3.63) is 0 Å². The van der Waals surface area contributed by atoms with Crippen LogP contribution in [0.25, 0.3) is 0 Å². The highest BCUT2D eigenvalue weighted by Gasteiger charge is 2.21. The van der Waals surface area contributed by atoms with Gasteiger partial charge in [-0.25, -0.2) is 9.59 Å². The van der Waals surface area contributed by atoms with Crippen LogP contribution in [0, 0.1) is 5.92 Å². The highest BCUT2D eigenvalue weighted by Crippen LogP contribution is 2.06. The average molecular weight is 319 g/mol. The van der Waals surface area contributed by atoms with Crippen molar-refractivity contribution in [1.29, 1.82) is 0 Å². The van der Waals surface area contributed by atoms with Gasteiger partial charge in [0, 0.05) is 12.6 Å². The Morgan fingerprint density at radius 3 is 2.29 bits per heavy atom. The monoisotopic (exact) mass is 319 g/mol. The zero-order chi connectivity index (χ0) is 16.4. The van der Waals surface area contributed by atoms with Crippen molar-refractivity contribution in [1.82, 2.24) is 15.5 Å². The molecule has 0 heterocycles. The smallest absolute Gasteiger partial charge is 0.326 e. The van der Waals surface area contributed by atoms with E-state index in [1.807, 2.05) is 25.3 Å². The number of urea groups is 1. The summed E-state index contributed by atoms with van der Waals surface area (Å²) in [5.41, 5.74) is 0. The standard InChI is InChI=1S/C14H29N3O3S/c1-10(2)8-11(9-17(3)4)15-14(20)16-12(13(18)19)6-7-21-5/h10-12H,6-9H2,1-5H3,(H,18,19)(H2,15,16,20). The first-order valence-electron chi connectivity index (χ1n) is 7.19. The number of carbonyl (C=O) groups excluding carboxylic acids is 1. The summed E-state index contributed by atoms with van der Waals surface area (Å²) >= 11 is 1.56. The molecule has 0 aliphatic heterocycles. The van der Waals surface area contributed by atoms with Gasteiger partial charge < -0.3 is 20.6 Å². The molecule has 0 radical (unpaired) electrons. The van der Waals surface area contributed by atoms with Gasteiger partial charge in [0.2, 0.25) is 0 Å². The third kappa shape index (κ3) is 10.4. The molecule has 0 aromatic heterocycles. The molecule has 0 saturated carbocycles. The van der Waals surface area contributed by atoms with Crippen LogP contribution < -0.4 is 10.6 Å². The largest absolute Gasteiger partial charge is 0.480 e. The van der Waals surface area contributed by atoms with Gasteiger partial charge in [-0.1, -0.05) is 13.8 Å². The second kappa shape index (κ2) is 10.7. The molecule has 0 fully saturated rings. The van der Waals surface area contributed by atoms with E-state index in [2.05, 4.69) is 24.5 Å². The zero-order valence-electron chi connectivity index (χ0n) is 13.7. The molecular formula is C14H29N3O3S. The summed E-state index contributed by atoms with van der Waals surface area (Å²) in [4.78, 5) is 25.1.